The van der Waals surface area contributed by atoms with Crippen molar-refractivity contribution >= 4 is 29.0 Å². The Bertz CT molecular complexity index is 1210. The molecule has 0 spiro atoms. The number of carbonyl (C=O) groups is 1. The fraction of sp³-hybridized carbons (Fsp3) is 0.190. The Balaban J connectivity index is 1.52. The second kappa shape index (κ2) is 8.16. The van der Waals surface area contributed by atoms with Gasteiger partial charge in [-0.25, -0.2) is 15.0 Å². The van der Waals surface area contributed by atoms with Crippen LogP contribution in [-0.4, -0.2) is 32.0 Å². The first kappa shape index (κ1) is 19.3. The van der Waals surface area contributed by atoms with Crippen molar-refractivity contribution in [1.82, 2.24) is 25.3 Å². The summed E-state index contributed by atoms with van der Waals surface area (Å²) in [4.78, 5) is 17.1. The first-order valence-corrected chi connectivity index (χ1v) is 9.48. The zero-order valence-corrected chi connectivity index (χ0v) is 16.6. The van der Waals surface area contributed by atoms with Crippen molar-refractivity contribution in [3.05, 3.63) is 59.7 Å². The molecule has 0 saturated heterocycles. The summed E-state index contributed by atoms with van der Waals surface area (Å²) < 4.78 is 6.39. The Labute approximate surface area is 172 Å². The number of fused-ring (bicyclic) bond motifs is 1. The van der Waals surface area contributed by atoms with E-state index < -0.39 is 0 Å². The highest BCUT2D eigenvalue weighted by Gasteiger charge is 2.20. The lowest BCUT2D eigenvalue weighted by molar-refractivity contribution is -0.121. The number of amides is 1. The third-order valence-electron chi connectivity index (χ3n) is 4.69. The van der Waals surface area contributed by atoms with Crippen LogP contribution in [0.25, 0.3) is 22.6 Å². The van der Waals surface area contributed by atoms with Crippen molar-refractivity contribution in [2.45, 2.75) is 26.3 Å². The molecule has 9 heteroatoms. The number of para-hydroxylation sites is 2. The van der Waals surface area contributed by atoms with Gasteiger partial charge in [-0.1, -0.05) is 50.2 Å². The zero-order chi connectivity index (χ0) is 21.1. The minimum absolute atomic E-state index is 0.0220. The molecule has 3 N–H and O–H groups in total. The number of imidazole rings is 1. The minimum Gasteiger partial charge on any atom is -0.379 e. The van der Waals surface area contributed by atoms with Gasteiger partial charge in [-0.15, -0.1) is 0 Å². The molecule has 0 aliphatic carbocycles. The number of nitrogens with two attached hydrogens (primary N) is 1. The average Bonchev–Trinajstić information content (AvgIpc) is 3.32. The number of rotatable bonds is 6. The summed E-state index contributed by atoms with van der Waals surface area (Å²) >= 11 is 0. The van der Waals surface area contributed by atoms with Crippen molar-refractivity contribution in [1.29, 1.82) is 0 Å². The topological polar surface area (TPSA) is 124 Å². The highest BCUT2D eigenvalue weighted by Crippen LogP contribution is 2.26. The van der Waals surface area contributed by atoms with Crippen molar-refractivity contribution < 1.29 is 9.42 Å². The standard InChI is InChI=1S/C21H21N7O2/c1-13(2)15-9-7-14(8-10-15)11-23-25-18(29)12-28-17-6-4-3-5-16(17)24-21(28)19-20(22)27-30-26-19/h3-11,13H,12H2,1-2H3,(H2,22,27)(H,25,29)/b23-11+. The monoisotopic (exact) mass is 403 g/mol. The second-order valence-electron chi connectivity index (χ2n) is 7.12. The summed E-state index contributed by atoms with van der Waals surface area (Å²) in [5, 5.41) is 11.5. The highest BCUT2D eigenvalue weighted by atomic mass is 16.6. The van der Waals surface area contributed by atoms with Gasteiger partial charge < -0.3 is 10.3 Å². The van der Waals surface area contributed by atoms with Crippen LogP contribution in [0.4, 0.5) is 5.82 Å². The zero-order valence-electron chi connectivity index (χ0n) is 16.6. The van der Waals surface area contributed by atoms with Gasteiger partial charge in [0.05, 0.1) is 17.2 Å². The summed E-state index contributed by atoms with van der Waals surface area (Å²) in [6.07, 6.45) is 1.61. The second-order valence-corrected chi connectivity index (χ2v) is 7.12. The van der Waals surface area contributed by atoms with Crippen LogP contribution in [0, 0.1) is 0 Å². The fourth-order valence-electron chi connectivity index (χ4n) is 3.09. The van der Waals surface area contributed by atoms with Gasteiger partial charge in [0.2, 0.25) is 0 Å². The Hall–Kier alpha value is -4.01. The quantitative estimate of drug-likeness (QED) is 0.377. The first-order valence-electron chi connectivity index (χ1n) is 9.48. The van der Waals surface area contributed by atoms with Crippen molar-refractivity contribution in [2.24, 2.45) is 5.10 Å². The van der Waals surface area contributed by atoms with Crippen molar-refractivity contribution in [3.8, 4) is 11.5 Å². The molecule has 152 valence electrons. The molecule has 9 nitrogen and oxygen atoms in total. The predicted octanol–water partition coefficient (Wildman–Crippen LogP) is 2.94. The van der Waals surface area contributed by atoms with Gasteiger partial charge in [-0.3, -0.25) is 4.79 Å². The molecule has 0 saturated carbocycles. The van der Waals surface area contributed by atoms with Crippen LogP contribution in [-0.2, 0) is 11.3 Å². The third-order valence-corrected chi connectivity index (χ3v) is 4.69. The van der Waals surface area contributed by atoms with Gasteiger partial charge in [0.1, 0.15) is 6.54 Å². The fourth-order valence-corrected chi connectivity index (χ4v) is 3.09. The molecule has 0 atom stereocenters. The molecule has 2 aromatic carbocycles. The van der Waals surface area contributed by atoms with Gasteiger partial charge >= 0.3 is 0 Å². The summed E-state index contributed by atoms with van der Waals surface area (Å²) in [6, 6.07) is 15.5. The van der Waals surface area contributed by atoms with Crippen LogP contribution < -0.4 is 11.2 Å². The van der Waals surface area contributed by atoms with E-state index in [0.717, 1.165) is 11.1 Å². The molecule has 0 aliphatic rings. The molecule has 0 unspecified atom stereocenters. The van der Waals surface area contributed by atoms with E-state index in [2.05, 4.69) is 39.7 Å². The van der Waals surface area contributed by atoms with Crippen LogP contribution in [0.2, 0.25) is 0 Å². The van der Waals surface area contributed by atoms with Crippen LogP contribution in [0.1, 0.15) is 30.9 Å². The summed E-state index contributed by atoms with van der Waals surface area (Å²) in [5.41, 5.74) is 12.3. The molecule has 0 aliphatic heterocycles. The lowest BCUT2D eigenvalue weighted by Gasteiger charge is -2.07. The number of hydrogen-bond acceptors (Lipinski definition) is 7. The van der Waals surface area contributed by atoms with Crippen molar-refractivity contribution in [2.75, 3.05) is 5.73 Å². The lowest BCUT2D eigenvalue weighted by Crippen LogP contribution is -2.23. The normalized spacial score (nSPS) is 11.6. The van der Waals surface area contributed by atoms with E-state index in [9.17, 15) is 4.79 Å². The van der Waals surface area contributed by atoms with E-state index in [1.807, 2.05) is 48.5 Å². The first-order chi connectivity index (χ1) is 14.5. The van der Waals surface area contributed by atoms with E-state index in [1.165, 1.54) is 5.56 Å². The average molecular weight is 403 g/mol. The van der Waals surface area contributed by atoms with Gasteiger partial charge in [-0.05, 0) is 39.5 Å². The molecule has 0 fully saturated rings. The molecule has 2 aromatic heterocycles. The minimum atomic E-state index is -0.315. The van der Waals surface area contributed by atoms with E-state index in [4.69, 9.17) is 10.4 Å². The van der Waals surface area contributed by atoms with E-state index in [1.54, 1.807) is 10.8 Å². The molecule has 2 heterocycles. The van der Waals surface area contributed by atoms with Gasteiger partial charge in [0.15, 0.2) is 17.3 Å². The number of hydrazone groups is 1. The largest absolute Gasteiger partial charge is 0.379 e. The molecule has 0 bridgehead atoms. The van der Waals surface area contributed by atoms with Crippen molar-refractivity contribution in [3.63, 3.8) is 0 Å². The number of aromatic nitrogens is 4. The molecule has 4 aromatic rings. The molecule has 30 heavy (non-hydrogen) atoms. The lowest BCUT2D eigenvalue weighted by atomic mass is 10.0. The maximum absolute atomic E-state index is 12.5. The van der Waals surface area contributed by atoms with Gasteiger partial charge in [0.25, 0.3) is 5.91 Å². The number of carbonyl (C=O) groups excluding carboxylic acids is 1. The molecular weight excluding hydrogens is 382 g/mol. The summed E-state index contributed by atoms with van der Waals surface area (Å²) in [7, 11) is 0. The Morgan fingerprint density at radius 3 is 2.67 bits per heavy atom. The predicted molar refractivity (Wildman–Crippen MR) is 114 cm³/mol. The maximum atomic E-state index is 12.5. The van der Waals surface area contributed by atoms with Crippen LogP contribution >= 0.6 is 0 Å². The van der Waals surface area contributed by atoms with Gasteiger partial charge in [0, 0.05) is 0 Å². The molecule has 4 rings (SSSR count). The summed E-state index contributed by atoms with van der Waals surface area (Å²) in [6.45, 7) is 4.26. The smallest absolute Gasteiger partial charge is 0.260 e. The number of nitrogen functional groups attached to an aromatic ring is 1. The van der Waals surface area contributed by atoms with E-state index in [-0.39, 0.29) is 24.0 Å². The van der Waals surface area contributed by atoms with Crippen LogP contribution in [0.5, 0.6) is 0 Å². The van der Waals surface area contributed by atoms with E-state index in [0.29, 0.717) is 17.3 Å². The third kappa shape index (κ3) is 3.90. The number of anilines is 1. The maximum Gasteiger partial charge on any atom is 0.260 e. The Morgan fingerprint density at radius 1 is 1.20 bits per heavy atom. The number of hydrogen-bond donors (Lipinski definition) is 2. The number of nitrogens with zero attached hydrogens (tertiary/aromatic N) is 5. The van der Waals surface area contributed by atoms with E-state index >= 15 is 0 Å². The SMILES string of the molecule is CC(C)c1ccc(/C=N/NC(=O)Cn2c(-c3nonc3N)nc3ccccc32)cc1. The Morgan fingerprint density at radius 2 is 1.97 bits per heavy atom. The molecular formula is C21H21N7O2. The van der Waals surface area contributed by atoms with Crippen LogP contribution in [0.15, 0.2) is 58.3 Å². The number of nitrogens with one attached hydrogen (secondary N) is 1. The Kier molecular flexibility index (Phi) is 5.25. The highest BCUT2D eigenvalue weighted by molar-refractivity contribution is 5.86. The molecule has 0 radical (unpaired) electrons. The van der Waals surface area contributed by atoms with Crippen LogP contribution in [0.3, 0.4) is 0 Å². The summed E-state index contributed by atoms with van der Waals surface area (Å²) in [5.74, 6) is 0.654. The number of benzene rings is 2. The van der Waals surface area contributed by atoms with Gasteiger partial charge in [-0.2, -0.15) is 5.10 Å². The molecule has 1 amide bonds.